The van der Waals surface area contributed by atoms with Crippen LogP contribution in [-0.2, 0) is 12.8 Å². The van der Waals surface area contributed by atoms with E-state index in [1.807, 2.05) is 0 Å². The van der Waals surface area contributed by atoms with E-state index in [0.717, 1.165) is 6.42 Å². The first-order valence-corrected chi connectivity index (χ1v) is 7.41. The standard InChI is InChI=1S/C18H23N/c1-11(2)13-5-7-15-14(9-13)6-8-17-16(15)10-18(19-17)12(3)4/h5,7,9-12,19H,6,8H2,1-4H3. The minimum atomic E-state index is 0.573. The summed E-state index contributed by atoms with van der Waals surface area (Å²) in [7, 11) is 0. The monoisotopic (exact) mass is 253 g/mol. The summed E-state index contributed by atoms with van der Waals surface area (Å²) >= 11 is 0. The van der Waals surface area contributed by atoms with Crippen molar-refractivity contribution in [3.8, 4) is 11.1 Å². The SMILES string of the molecule is CC(C)c1ccc2c(c1)CCc1[nH]c(C(C)C)cc1-2. The third-order valence-electron chi connectivity index (χ3n) is 4.27. The van der Waals surface area contributed by atoms with E-state index in [9.17, 15) is 0 Å². The van der Waals surface area contributed by atoms with Gasteiger partial charge < -0.3 is 4.98 Å². The number of H-pyrrole nitrogens is 1. The Balaban J connectivity index is 2.08. The van der Waals surface area contributed by atoms with Gasteiger partial charge in [-0.15, -0.1) is 0 Å². The van der Waals surface area contributed by atoms with E-state index in [2.05, 4.69) is 56.9 Å². The zero-order valence-corrected chi connectivity index (χ0v) is 12.4. The number of fused-ring (bicyclic) bond motifs is 3. The van der Waals surface area contributed by atoms with Crippen LogP contribution in [-0.4, -0.2) is 4.98 Å². The summed E-state index contributed by atoms with van der Waals surface area (Å²) in [6.45, 7) is 9.03. The average molecular weight is 253 g/mol. The fourth-order valence-electron chi connectivity index (χ4n) is 2.97. The Hall–Kier alpha value is -1.50. The molecule has 0 amide bonds. The first-order chi connectivity index (χ1) is 9.06. The van der Waals surface area contributed by atoms with Crippen molar-refractivity contribution in [2.24, 2.45) is 0 Å². The van der Waals surface area contributed by atoms with Gasteiger partial charge in [-0.05, 0) is 47.4 Å². The second-order valence-electron chi connectivity index (χ2n) is 6.34. The highest BCUT2D eigenvalue weighted by atomic mass is 14.7. The average Bonchev–Trinajstić information content (AvgIpc) is 2.82. The molecule has 1 N–H and O–H groups in total. The number of hydrogen-bond donors (Lipinski definition) is 1. The van der Waals surface area contributed by atoms with E-state index >= 15 is 0 Å². The molecule has 0 aliphatic heterocycles. The molecule has 0 saturated heterocycles. The number of benzene rings is 1. The van der Waals surface area contributed by atoms with E-state index in [0.29, 0.717) is 11.8 Å². The zero-order chi connectivity index (χ0) is 13.6. The van der Waals surface area contributed by atoms with Crippen LogP contribution >= 0.6 is 0 Å². The van der Waals surface area contributed by atoms with Crippen LogP contribution in [0.5, 0.6) is 0 Å². The molecule has 1 aromatic carbocycles. The first kappa shape index (κ1) is 12.5. The molecule has 0 fully saturated rings. The van der Waals surface area contributed by atoms with E-state index in [1.165, 1.54) is 40.1 Å². The smallest absolute Gasteiger partial charge is 0.0232 e. The van der Waals surface area contributed by atoms with Crippen molar-refractivity contribution in [1.82, 2.24) is 4.98 Å². The van der Waals surface area contributed by atoms with Crippen molar-refractivity contribution >= 4 is 0 Å². The molecule has 1 heterocycles. The van der Waals surface area contributed by atoms with Crippen LogP contribution < -0.4 is 0 Å². The van der Waals surface area contributed by atoms with Gasteiger partial charge in [0.25, 0.3) is 0 Å². The maximum absolute atomic E-state index is 3.61. The van der Waals surface area contributed by atoms with Crippen molar-refractivity contribution < 1.29 is 0 Å². The molecule has 2 aromatic rings. The third-order valence-corrected chi connectivity index (χ3v) is 4.27. The van der Waals surface area contributed by atoms with Gasteiger partial charge >= 0.3 is 0 Å². The van der Waals surface area contributed by atoms with E-state index in [1.54, 1.807) is 0 Å². The second kappa shape index (κ2) is 4.56. The molecule has 0 saturated carbocycles. The van der Waals surface area contributed by atoms with Gasteiger partial charge in [0.1, 0.15) is 0 Å². The molecule has 0 radical (unpaired) electrons. The molecule has 1 heteroatoms. The Morgan fingerprint density at radius 1 is 0.895 bits per heavy atom. The van der Waals surface area contributed by atoms with Crippen molar-refractivity contribution in [2.75, 3.05) is 0 Å². The molecule has 3 rings (SSSR count). The number of hydrogen-bond acceptors (Lipinski definition) is 0. The number of nitrogens with one attached hydrogen (secondary N) is 1. The Kier molecular flexibility index (Phi) is 3.00. The fourth-order valence-corrected chi connectivity index (χ4v) is 2.97. The lowest BCUT2D eigenvalue weighted by molar-refractivity contribution is 0.812. The van der Waals surface area contributed by atoms with Gasteiger partial charge in [-0.25, -0.2) is 0 Å². The highest BCUT2D eigenvalue weighted by Gasteiger charge is 2.20. The summed E-state index contributed by atoms with van der Waals surface area (Å²) < 4.78 is 0. The molecule has 19 heavy (non-hydrogen) atoms. The van der Waals surface area contributed by atoms with Gasteiger partial charge in [0.15, 0.2) is 0 Å². The van der Waals surface area contributed by atoms with Gasteiger partial charge in [-0.2, -0.15) is 0 Å². The summed E-state index contributed by atoms with van der Waals surface area (Å²) in [5.74, 6) is 1.19. The van der Waals surface area contributed by atoms with E-state index in [4.69, 9.17) is 0 Å². The predicted octanol–water partition coefficient (Wildman–Crippen LogP) is 5.03. The zero-order valence-electron chi connectivity index (χ0n) is 12.4. The minimum Gasteiger partial charge on any atom is -0.362 e. The van der Waals surface area contributed by atoms with Gasteiger partial charge in [-0.3, -0.25) is 0 Å². The van der Waals surface area contributed by atoms with Crippen molar-refractivity contribution in [1.29, 1.82) is 0 Å². The Morgan fingerprint density at radius 2 is 1.68 bits per heavy atom. The van der Waals surface area contributed by atoms with Crippen molar-refractivity contribution in [3.63, 3.8) is 0 Å². The second-order valence-corrected chi connectivity index (χ2v) is 6.34. The maximum atomic E-state index is 3.61. The molecule has 0 spiro atoms. The lowest BCUT2D eigenvalue weighted by atomic mass is 9.87. The molecule has 0 bridgehead atoms. The molecular formula is C18H23N. The number of aromatic nitrogens is 1. The summed E-state index contributed by atoms with van der Waals surface area (Å²) in [6, 6.07) is 9.37. The lowest BCUT2D eigenvalue weighted by Crippen LogP contribution is -2.04. The molecule has 1 aliphatic carbocycles. The third kappa shape index (κ3) is 2.11. The normalized spacial score (nSPS) is 13.8. The summed E-state index contributed by atoms with van der Waals surface area (Å²) in [5, 5.41) is 0. The quantitative estimate of drug-likeness (QED) is 0.773. The summed E-state index contributed by atoms with van der Waals surface area (Å²) in [5.41, 5.74) is 8.64. The fraction of sp³-hybridized carbons (Fsp3) is 0.444. The molecule has 1 aromatic heterocycles. The van der Waals surface area contributed by atoms with Crippen molar-refractivity contribution in [3.05, 3.63) is 46.8 Å². The minimum absolute atomic E-state index is 0.573. The number of aromatic amines is 1. The van der Waals surface area contributed by atoms with Gasteiger partial charge in [0, 0.05) is 17.0 Å². The molecular weight excluding hydrogens is 230 g/mol. The molecule has 100 valence electrons. The van der Waals surface area contributed by atoms with Crippen LogP contribution in [0.1, 0.15) is 62.0 Å². The molecule has 0 atom stereocenters. The van der Waals surface area contributed by atoms with Crippen LogP contribution in [0.25, 0.3) is 11.1 Å². The van der Waals surface area contributed by atoms with Crippen LogP contribution in [0.15, 0.2) is 24.3 Å². The summed E-state index contributed by atoms with van der Waals surface area (Å²) in [4.78, 5) is 3.61. The highest BCUT2D eigenvalue weighted by Crippen LogP contribution is 2.36. The molecule has 1 aliphatic rings. The van der Waals surface area contributed by atoms with E-state index < -0.39 is 0 Å². The van der Waals surface area contributed by atoms with Gasteiger partial charge in [-0.1, -0.05) is 45.9 Å². The Bertz CT molecular complexity index is 602. The predicted molar refractivity (Wildman–Crippen MR) is 81.8 cm³/mol. The van der Waals surface area contributed by atoms with Crippen LogP contribution in [0.4, 0.5) is 0 Å². The Morgan fingerprint density at radius 3 is 2.37 bits per heavy atom. The van der Waals surface area contributed by atoms with Gasteiger partial charge in [0.2, 0.25) is 0 Å². The van der Waals surface area contributed by atoms with Crippen molar-refractivity contribution in [2.45, 2.75) is 52.4 Å². The van der Waals surface area contributed by atoms with Gasteiger partial charge in [0.05, 0.1) is 0 Å². The van der Waals surface area contributed by atoms with E-state index in [-0.39, 0.29) is 0 Å². The molecule has 1 nitrogen and oxygen atoms in total. The summed E-state index contributed by atoms with van der Waals surface area (Å²) in [6.07, 6.45) is 2.32. The topological polar surface area (TPSA) is 15.8 Å². The van der Waals surface area contributed by atoms with Crippen LogP contribution in [0.2, 0.25) is 0 Å². The lowest BCUT2D eigenvalue weighted by Gasteiger charge is -2.18. The highest BCUT2D eigenvalue weighted by molar-refractivity contribution is 5.73. The first-order valence-electron chi connectivity index (χ1n) is 7.41. The Labute approximate surface area is 116 Å². The molecule has 0 unspecified atom stereocenters. The largest absolute Gasteiger partial charge is 0.362 e. The van der Waals surface area contributed by atoms with Crippen LogP contribution in [0.3, 0.4) is 0 Å². The number of rotatable bonds is 2. The van der Waals surface area contributed by atoms with Crippen LogP contribution in [0, 0.1) is 0 Å². The maximum Gasteiger partial charge on any atom is 0.0232 e. The number of aryl methyl sites for hydroxylation is 2.